The highest BCUT2D eigenvalue weighted by Crippen LogP contribution is 2.30. The van der Waals surface area contributed by atoms with Gasteiger partial charge < -0.3 is 5.11 Å². The minimum atomic E-state index is -1.25. The molecule has 1 unspecified atom stereocenters. The van der Waals surface area contributed by atoms with Crippen LogP contribution < -0.4 is 0 Å². The molecule has 0 aliphatic heterocycles. The lowest BCUT2D eigenvalue weighted by molar-refractivity contribution is -0.136. The lowest BCUT2D eigenvalue weighted by atomic mass is 9.79. The number of hydrogen-bond acceptors (Lipinski definition) is 2. The van der Waals surface area contributed by atoms with Crippen molar-refractivity contribution < 1.29 is 9.90 Å². The van der Waals surface area contributed by atoms with Crippen LogP contribution >= 0.6 is 0 Å². The van der Waals surface area contributed by atoms with Gasteiger partial charge in [0.05, 0.1) is 0 Å². The molecule has 0 radical (unpaired) electrons. The zero-order valence-electron chi connectivity index (χ0n) is 7.39. The molecule has 1 atom stereocenters. The second-order valence-corrected chi connectivity index (χ2v) is 3.29. The van der Waals surface area contributed by atoms with Gasteiger partial charge >= 0.3 is 0 Å². The van der Waals surface area contributed by atoms with Gasteiger partial charge in [0.2, 0.25) is 0 Å². The van der Waals surface area contributed by atoms with E-state index in [0.717, 1.165) is 12.8 Å². The molecule has 1 aliphatic rings. The highest BCUT2D eigenvalue weighted by molar-refractivity contribution is 5.90. The summed E-state index contributed by atoms with van der Waals surface area (Å²) in [5.74, 6) is -0.0811. The molecular weight excluding hydrogens is 152 g/mol. The quantitative estimate of drug-likeness (QED) is 0.601. The van der Waals surface area contributed by atoms with Crippen LogP contribution in [0.2, 0.25) is 0 Å². The summed E-state index contributed by atoms with van der Waals surface area (Å²) in [5.41, 5.74) is 1.91. The monoisotopic (exact) mass is 166 g/mol. The molecule has 1 aliphatic carbocycles. The van der Waals surface area contributed by atoms with Gasteiger partial charge in [0.1, 0.15) is 0 Å². The number of carbonyl (C=O) groups excluding carboxylic acids is 1. The fourth-order valence-electron chi connectivity index (χ4n) is 1.56. The molecule has 0 heterocycles. The van der Waals surface area contributed by atoms with Crippen LogP contribution in [0.1, 0.15) is 32.6 Å². The molecule has 2 nitrogen and oxygen atoms in total. The van der Waals surface area contributed by atoms with Gasteiger partial charge in [0.25, 0.3) is 0 Å². The van der Waals surface area contributed by atoms with Gasteiger partial charge in [-0.15, -0.1) is 5.73 Å². The van der Waals surface area contributed by atoms with Crippen molar-refractivity contribution in [3.63, 3.8) is 0 Å². The Morgan fingerprint density at radius 1 is 1.67 bits per heavy atom. The highest BCUT2D eigenvalue weighted by Gasteiger charge is 2.38. The van der Waals surface area contributed by atoms with Crippen LogP contribution in [-0.2, 0) is 4.79 Å². The van der Waals surface area contributed by atoms with E-state index in [9.17, 15) is 9.90 Å². The van der Waals surface area contributed by atoms with E-state index in [1.807, 2.05) is 0 Å². The van der Waals surface area contributed by atoms with Gasteiger partial charge in [-0.3, -0.25) is 4.79 Å². The van der Waals surface area contributed by atoms with Crippen LogP contribution in [0.4, 0.5) is 0 Å². The molecule has 0 aromatic rings. The lowest BCUT2D eigenvalue weighted by Gasteiger charge is -2.30. The zero-order valence-corrected chi connectivity index (χ0v) is 7.39. The molecule has 12 heavy (non-hydrogen) atoms. The van der Waals surface area contributed by atoms with Crippen molar-refractivity contribution in [1.82, 2.24) is 0 Å². The van der Waals surface area contributed by atoms with Crippen LogP contribution in [-0.4, -0.2) is 16.5 Å². The molecule has 0 amide bonds. The largest absolute Gasteiger partial charge is 0.377 e. The summed E-state index contributed by atoms with van der Waals surface area (Å²) in [6.07, 6.45) is 2.81. The average Bonchev–Trinajstić information content (AvgIpc) is 2.09. The minimum absolute atomic E-state index is 0.0811. The first-order valence-electron chi connectivity index (χ1n) is 4.24. The Kier molecular flexibility index (Phi) is 2.51. The highest BCUT2D eigenvalue weighted by atomic mass is 16.3. The van der Waals surface area contributed by atoms with Crippen molar-refractivity contribution in [2.24, 2.45) is 0 Å². The summed E-state index contributed by atoms with van der Waals surface area (Å²) in [5, 5.41) is 9.92. The Labute approximate surface area is 72.6 Å². The predicted molar refractivity (Wildman–Crippen MR) is 46.8 cm³/mol. The summed E-state index contributed by atoms with van der Waals surface area (Å²) in [6, 6.07) is 0. The van der Waals surface area contributed by atoms with Crippen LogP contribution in [0.5, 0.6) is 0 Å². The molecule has 1 saturated carbocycles. The van der Waals surface area contributed by atoms with E-state index >= 15 is 0 Å². The van der Waals surface area contributed by atoms with E-state index in [0.29, 0.717) is 18.4 Å². The van der Waals surface area contributed by atoms with Gasteiger partial charge in [-0.1, -0.05) is 6.58 Å². The van der Waals surface area contributed by atoms with Crippen molar-refractivity contribution in [3.05, 3.63) is 17.9 Å². The van der Waals surface area contributed by atoms with Gasteiger partial charge in [0.15, 0.2) is 11.4 Å². The fraction of sp³-hybridized carbons (Fsp3) is 0.600. The number of Topliss-reactive ketones (excluding diaryl/α,β-unsaturated/α-hetero) is 1. The number of rotatable bonds is 1. The maximum absolute atomic E-state index is 11.4. The van der Waals surface area contributed by atoms with Gasteiger partial charge in [0, 0.05) is 12.0 Å². The molecule has 0 aromatic carbocycles. The molecule has 0 bridgehead atoms. The standard InChI is InChI=1S/C10H14O2/c1-3-8(2)10(12)7-5-4-6-9(10)11/h12H,1,4-7H2,2H3. The average molecular weight is 166 g/mol. The molecule has 66 valence electrons. The molecular formula is C10H14O2. The van der Waals surface area contributed by atoms with E-state index in [2.05, 4.69) is 12.3 Å². The summed E-state index contributed by atoms with van der Waals surface area (Å²) in [4.78, 5) is 11.4. The lowest BCUT2D eigenvalue weighted by Crippen LogP contribution is -2.42. The molecule has 0 aromatic heterocycles. The Bertz CT molecular complexity index is 249. The summed E-state index contributed by atoms with van der Waals surface area (Å²) in [6.45, 7) is 5.15. The first-order chi connectivity index (χ1) is 5.61. The maximum Gasteiger partial charge on any atom is 0.169 e. The number of carbonyl (C=O) groups is 1. The molecule has 1 fully saturated rings. The molecule has 1 N–H and O–H groups in total. The Morgan fingerprint density at radius 2 is 2.33 bits per heavy atom. The second kappa shape index (κ2) is 3.26. The maximum atomic E-state index is 11.4. The molecule has 1 rings (SSSR count). The van der Waals surface area contributed by atoms with Crippen molar-refractivity contribution in [1.29, 1.82) is 0 Å². The van der Waals surface area contributed by atoms with Crippen molar-refractivity contribution in [3.8, 4) is 0 Å². The fourth-order valence-corrected chi connectivity index (χ4v) is 1.56. The van der Waals surface area contributed by atoms with Gasteiger partial charge in [-0.2, -0.15) is 0 Å². The van der Waals surface area contributed by atoms with E-state index in [1.54, 1.807) is 6.92 Å². The minimum Gasteiger partial charge on any atom is -0.377 e. The van der Waals surface area contributed by atoms with Crippen LogP contribution in [0.3, 0.4) is 0 Å². The zero-order chi connectivity index (χ0) is 9.19. The smallest absolute Gasteiger partial charge is 0.169 e. The first kappa shape index (κ1) is 9.24. The van der Waals surface area contributed by atoms with Gasteiger partial charge in [-0.25, -0.2) is 0 Å². The SMILES string of the molecule is C=C=C(C)C1(O)CCCCC1=O. The van der Waals surface area contributed by atoms with E-state index in [-0.39, 0.29) is 5.78 Å². The van der Waals surface area contributed by atoms with Crippen molar-refractivity contribution in [2.45, 2.75) is 38.2 Å². The van der Waals surface area contributed by atoms with Crippen LogP contribution in [0.25, 0.3) is 0 Å². The number of hydrogen-bond donors (Lipinski definition) is 1. The van der Waals surface area contributed by atoms with E-state index in [4.69, 9.17) is 0 Å². The van der Waals surface area contributed by atoms with E-state index in [1.165, 1.54) is 0 Å². The Morgan fingerprint density at radius 3 is 2.83 bits per heavy atom. The van der Waals surface area contributed by atoms with Gasteiger partial charge in [-0.05, 0) is 26.2 Å². The number of aliphatic hydroxyl groups is 1. The molecule has 0 spiro atoms. The summed E-state index contributed by atoms with van der Waals surface area (Å²) >= 11 is 0. The Balaban J connectivity index is 2.94. The van der Waals surface area contributed by atoms with Crippen LogP contribution in [0, 0.1) is 0 Å². The number of ketones is 1. The predicted octanol–water partition coefficient (Wildman–Crippen LogP) is 1.59. The van der Waals surface area contributed by atoms with Crippen LogP contribution in [0.15, 0.2) is 17.9 Å². The second-order valence-electron chi connectivity index (χ2n) is 3.29. The van der Waals surface area contributed by atoms with E-state index < -0.39 is 5.60 Å². The topological polar surface area (TPSA) is 37.3 Å². The summed E-state index contributed by atoms with van der Waals surface area (Å²) < 4.78 is 0. The Hall–Kier alpha value is -0.850. The normalized spacial score (nSPS) is 29.7. The van der Waals surface area contributed by atoms with Crippen molar-refractivity contribution >= 4 is 5.78 Å². The molecule has 0 saturated heterocycles. The third kappa shape index (κ3) is 1.36. The van der Waals surface area contributed by atoms with Crippen molar-refractivity contribution in [2.75, 3.05) is 0 Å². The first-order valence-corrected chi connectivity index (χ1v) is 4.24. The molecule has 2 heteroatoms. The summed E-state index contributed by atoms with van der Waals surface area (Å²) in [7, 11) is 0. The third-order valence-corrected chi connectivity index (χ3v) is 2.54. The third-order valence-electron chi connectivity index (χ3n) is 2.54.